The van der Waals surface area contributed by atoms with Gasteiger partial charge in [-0.2, -0.15) is 0 Å². The largest absolute Gasteiger partial charge is 0.493 e. The third-order valence-electron chi connectivity index (χ3n) is 4.70. The van der Waals surface area contributed by atoms with Crippen molar-refractivity contribution in [3.63, 3.8) is 0 Å². The summed E-state index contributed by atoms with van der Waals surface area (Å²) in [7, 11) is 7.14. The smallest absolute Gasteiger partial charge is 0.232 e. The van der Waals surface area contributed by atoms with Crippen LogP contribution < -0.4 is 14.8 Å². The number of methoxy groups -OCH3 is 2. The highest BCUT2D eigenvalue weighted by Gasteiger charge is 2.53. The minimum absolute atomic E-state index is 0.0199. The average Bonchev–Trinajstić information content (AvgIpc) is 3.30. The van der Waals surface area contributed by atoms with Gasteiger partial charge in [-0.3, -0.25) is 4.79 Å². The van der Waals surface area contributed by atoms with Crippen LogP contribution in [-0.2, 0) is 10.2 Å². The van der Waals surface area contributed by atoms with E-state index in [4.69, 9.17) is 14.0 Å². The second-order valence-corrected chi connectivity index (χ2v) is 6.79. The molecule has 0 bridgehead atoms. The first-order chi connectivity index (χ1) is 12.5. The van der Waals surface area contributed by atoms with Crippen LogP contribution in [0.25, 0.3) is 11.3 Å². The molecule has 1 aliphatic rings. The zero-order valence-corrected chi connectivity index (χ0v) is 15.7. The van der Waals surface area contributed by atoms with Crippen LogP contribution in [0, 0.1) is 0 Å². The molecule has 0 saturated heterocycles. The second kappa shape index (κ2) is 7.37. The number of nitrogens with one attached hydrogen (secondary N) is 1. The Balaban J connectivity index is 1.76. The molecule has 7 nitrogen and oxygen atoms in total. The van der Waals surface area contributed by atoms with Gasteiger partial charge in [-0.1, -0.05) is 5.16 Å². The zero-order chi connectivity index (χ0) is 18.7. The van der Waals surface area contributed by atoms with Gasteiger partial charge in [0.25, 0.3) is 0 Å². The summed E-state index contributed by atoms with van der Waals surface area (Å²) in [5, 5.41) is 7.17. The summed E-state index contributed by atoms with van der Waals surface area (Å²) in [5.41, 5.74) is 0.958. The van der Waals surface area contributed by atoms with Crippen LogP contribution >= 0.6 is 0 Å². The summed E-state index contributed by atoms with van der Waals surface area (Å²) in [6, 6.07) is 7.37. The monoisotopic (exact) mass is 359 g/mol. The van der Waals surface area contributed by atoms with E-state index in [0.717, 1.165) is 24.9 Å². The molecule has 1 fully saturated rings. The lowest BCUT2D eigenvalue weighted by Crippen LogP contribution is -2.38. The van der Waals surface area contributed by atoms with E-state index in [1.807, 2.05) is 43.3 Å². The number of amides is 1. The van der Waals surface area contributed by atoms with Crippen LogP contribution in [-0.4, -0.2) is 57.4 Å². The molecule has 140 valence electrons. The third-order valence-corrected chi connectivity index (χ3v) is 4.70. The Hall–Kier alpha value is -2.54. The van der Waals surface area contributed by atoms with E-state index in [9.17, 15) is 4.79 Å². The van der Waals surface area contributed by atoms with Gasteiger partial charge in [-0.05, 0) is 45.1 Å². The highest BCUT2D eigenvalue weighted by molar-refractivity contribution is 5.91. The van der Waals surface area contributed by atoms with Crippen molar-refractivity contribution < 1.29 is 18.8 Å². The van der Waals surface area contributed by atoms with Crippen molar-refractivity contribution in [1.29, 1.82) is 0 Å². The van der Waals surface area contributed by atoms with Crippen LogP contribution in [0.15, 0.2) is 28.8 Å². The maximum Gasteiger partial charge on any atom is 0.232 e. The number of carbonyl (C=O) groups excluding carboxylic acids is 1. The molecule has 1 aromatic heterocycles. The van der Waals surface area contributed by atoms with Gasteiger partial charge in [-0.25, -0.2) is 0 Å². The van der Waals surface area contributed by atoms with E-state index in [2.05, 4.69) is 10.5 Å². The Morgan fingerprint density at radius 1 is 1.23 bits per heavy atom. The van der Waals surface area contributed by atoms with E-state index < -0.39 is 5.41 Å². The Bertz CT molecular complexity index is 781. The molecule has 1 aromatic carbocycles. The SMILES string of the molecule is COc1ccc(-c2cc(C3(C(=O)NCCN(C)C)CC3)no2)cc1OC. The Labute approximate surface area is 153 Å². The maximum atomic E-state index is 12.6. The van der Waals surface area contributed by atoms with Gasteiger partial charge in [0.15, 0.2) is 17.3 Å². The third kappa shape index (κ3) is 3.53. The summed E-state index contributed by atoms with van der Waals surface area (Å²) in [4.78, 5) is 14.6. The zero-order valence-electron chi connectivity index (χ0n) is 15.7. The second-order valence-electron chi connectivity index (χ2n) is 6.79. The number of likely N-dealkylation sites (N-methyl/N-ethyl adjacent to an activating group) is 1. The quantitative estimate of drug-likeness (QED) is 0.778. The van der Waals surface area contributed by atoms with Gasteiger partial charge in [0.05, 0.1) is 25.3 Å². The fourth-order valence-electron chi connectivity index (χ4n) is 2.91. The molecule has 1 saturated carbocycles. The number of ether oxygens (including phenoxy) is 2. The van der Waals surface area contributed by atoms with Crippen LogP contribution in [0.5, 0.6) is 11.5 Å². The number of carbonyl (C=O) groups is 1. The molecule has 0 radical (unpaired) electrons. The molecule has 2 aromatic rings. The van der Waals surface area contributed by atoms with Crippen molar-refractivity contribution in [2.75, 3.05) is 41.4 Å². The topological polar surface area (TPSA) is 76.8 Å². The maximum absolute atomic E-state index is 12.6. The molecule has 7 heteroatoms. The standard InChI is InChI=1S/C19H25N3O4/c1-22(2)10-9-20-18(23)19(7-8-19)17-12-15(26-21-17)13-5-6-14(24-3)16(11-13)25-4/h5-6,11-12H,7-10H2,1-4H3,(H,20,23). The van der Waals surface area contributed by atoms with E-state index in [1.165, 1.54) is 0 Å². The van der Waals surface area contributed by atoms with Crippen molar-refractivity contribution in [3.05, 3.63) is 30.0 Å². The van der Waals surface area contributed by atoms with Crippen molar-refractivity contribution in [2.45, 2.75) is 18.3 Å². The minimum Gasteiger partial charge on any atom is -0.493 e. The van der Waals surface area contributed by atoms with Crippen LogP contribution in [0.1, 0.15) is 18.5 Å². The number of hydrogen-bond donors (Lipinski definition) is 1. The summed E-state index contributed by atoms with van der Waals surface area (Å²) in [6.45, 7) is 1.42. The molecule has 1 heterocycles. The molecular weight excluding hydrogens is 334 g/mol. The predicted molar refractivity (Wildman–Crippen MR) is 97.5 cm³/mol. The number of benzene rings is 1. The van der Waals surface area contributed by atoms with Gasteiger partial charge in [0, 0.05) is 24.7 Å². The molecule has 0 atom stereocenters. The first-order valence-electron chi connectivity index (χ1n) is 8.63. The van der Waals surface area contributed by atoms with Gasteiger partial charge >= 0.3 is 0 Å². The average molecular weight is 359 g/mol. The summed E-state index contributed by atoms with van der Waals surface area (Å²) in [6.07, 6.45) is 1.58. The lowest BCUT2D eigenvalue weighted by Gasteiger charge is -2.14. The normalized spacial score (nSPS) is 15.0. The first kappa shape index (κ1) is 18.3. The summed E-state index contributed by atoms with van der Waals surface area (Å²) < 4.78 is 16.1. The first-order valence-corrected chi connectivity index (χ1v) is 8.63. The van der Waals surface area contributed by atoms with Gasteiger partial charge in [0.2, 0.25) is 5.91 Å². The van der Waals surface area contributed by atoms with E-state index in [1.54, 1.807) is 14.2 Å². The fraction of sp³-hybridized carbons (Fsp3) is 0.474. The predicted octanol–water partition coefficient (Wildman–Crippen LogP) is 2.07. The van der Waals surface area contributed by atoms with Gasteiger partial charge in [0.1, 0.15) is 0 Å². The fourth-order valence-corrected chi connectivity index (χ4v) is 2.91. The Morgan fingerprint density at radius 2 is 1.96 bits per heavy atom. The summed E-state index contributed by atoms with van der Waals surface area (Å²) in [5.74, 6) is 1.89. The molecule has 3 rings (SSSR count). The van der Waals surface area contributed by atoms with Crippen molar-refractivity contribution in [2.24, 2.45) is 0 Å². The molecule has 0 unspecified atom stereocenters. The molecule has 0 spiro atoms. The molecule has 26 heavy (non-hydrogen) atoms. The van der Waals surface area contributed by atoms with E-state index in [-0.39, 0.29) is 5.91 Å². The highest BCUT2D eigenvalue weighted by atomic mass is 16.5. The van der Waals surface area contributed by atoms with Crippen LogP contribution in [0.2, 0.25) is 0 Å². The number of hydrogen-bond acceptors (Lipinski definition) is 6. The highest BCUT2D eigenvalue weighted by Crippen LogP contribution is 2.48. The molecule has 1 aliphatic carbocycles. The van der Waals surface area contributed by atoms with Crippen molar-refractivity contribution in [3.8, 4) is 22.8 Å². The van der Waals surface area contributed by atoms with E-state index >= 15 is 0 Å². The minimum atomic E-state index is -0.551. The molecular formula is C19H25N3O4. The molecule has 0 aliphatic heterocycles. The van der Waals surface area contributed by atoms with Gasteiger partial charge < -0.3 is 24.2 Å². The summed E-state index contributed by atoms with van der Waals surface area (Å²) >= 11 is 0. The van der Waals surface area contributed by atoms with E-state index in [0.29, 0.717) is 29.5 Å². The lowest BCUT2D eigenvalue weighted by atomic mass is 10.0. The van der Waals surface area contributed by atoms with Crippen LogP contribution in [0.3, 0.4) is 0 Å². The Kier molecular flexibility index (Phi) is 5.18. The molecule has 1 N–H and O–H groups in total. The van der Waals surface area contributed by atoms with Crippen LogP contribution in [0.4, 0.5) is 0 Å². The van der Waals surface area contributed by atoms with Gasteiger partial charge in [-0.15, -0.1) is 0 Å². The van der Waals surface area contributed by atoms with Crippen molar-refractivity contribution in [1.82, 2.24) is 15.4 Å². The number of aromatic nitrogens is 1. The lowest BCUT2D eigenvalue weighted by molar-refractivity contribution is -0.123. The molecule has 1 amide bonds. The number of nitrogens with zero attached hydrogens (tertiary/aromatic N) is 2. The van der Waals surface area contributed by atoms with Crippen molar-refractivity contribution >= 4 is 5.91 Å². The Morgan fingerprint density at radius 3 is 2.58 bits per heavy atom. The number of rotatable bonds is 8.